The molecule has 0 fully saturated rings. The number of aryl methyl sites for hydroxylation is 1. The van der Waals surface area contributed by atoms with Gasteiger partial charge in [0.1, 0.15) is 11.6 Å². The number of benzene rings is 2. The molecule has 1 aliphatic carbocycles. The average Bonchev–Trinajstić information content (AvgIpc) is 3.08. The molecule has 0 saturated carbocycles. The second kappa shape index (κ2) is 6.58. The molecule has 0 bridgehead atoms. The van der Waals surface area contributed by atoms with E-state index in [2.05, 4.69) is 10.5 Å². The summed E-state index contributed by atoms with van der Waals surface area (Å²) in [5, 5.41) is 17.5. The van der Waals surface area contributed by atoms with Crippen molar-refractivity contribution in [2.24, 2.45) is 0 Å². The first kappa shape index (κ1) is 17.7. The van der Waals surface area contributed by atoms with Gasteiger partial charge in [-0.15, -0.1) is 0 Å². The molecule has 2 aliphatic rings. The summed E-state index contributed by atoms with van der Waals surface area (Å²) in [7, 11) is 0. The number of phenolic OH excluding ortho intramolecular Hbond substituents is 1. The lowest BCUT2D eigenvalue weighted by atomic mass is 9.72. The molecule has 6 heteroatoms. The van der Waals surface area contributed by atoms with Crippen LogP contribution in [0.4, 0.5) is 10.3 Å². The molecule has 2 atom stereocenters. The molecule has 146 valence electrons. The van der Waals surface area contributed by atoms with E-state index in [1.54, 1.807) is 37.3 Å². The predicted molar refractivity (Wildman–Crippen MR) is 105 cm³/mol. The van der Waals surface area contributed by atoms with Gasteiger partial charge in [0.25, 0.3) is 0 Å². The van der Waals surface area contributed by atoms with E-state index in [0.717, 1.165) is 5.56 Å². The molecule has 0 amide bonds. The Morgan fingerprint density at radius 1 is 1.10 bits per heavy atom. The van der Waals surface area contributed by atoms with Gasteiger partial charge in [0.05, 0.1) is 11.3 Å². The molecule has 5 rings (SSSR count). The fraction of sp³-hybridized carbons (Fsp3) is 0.217. The molecule has 2 aromatic carbocycles. The number of halogens is 1. The average molecular weight is 390 g/mol. The van der Waals surface area contributed by atoms with Crippen LogP contribution in [0.1, 0.15) is 47.1 Å². The first-order valence-corrected chi connectivity index (χ1v) is 9.56. The molecule has 2 heterocycles. The lowest BCUT2D eigenvalue weighted by Gasteiger charge is -2.34. The summed E-state index contributed by atoms with van der Waals surface area (Å²) in [6, 6.07) is 13.6. The Bertz CT molecular complexity index is 1160. The Morgan fingerprint density at radius 2 is 1.83 bits per heavy atom. The van der Waals surface area contributed by atoms with Gasteiger partial charge in [-0.2, -0.15) is 0 Å². The van der Waals surface area contributed by atoms with E-state index in [0.29, 0.717) is 40.4 Å². The van der Waals surface area contributed by atoms with Gasteiger partial charge >= 0.3 is 0 Å². The molecule has 29 heavy (non-hydrogen) atoms. The summed E-state index contributed by atoms with van der Waals surface area (Å²) >= 11 is 0. The van der Waals surface area contributed by atoms with Crippen molar-refractivity contribution in [3.63, 3.8) is 0 Å². The fourth-order valence-corrected chi connectivity index (χ4v) is 4.55. The molecule has 1 aromatic heterocycles. The number of carbonyl (C=O) groups excluding carboxylic acids is 1. The Labute approximate surface area is 166 Å². The topological polar surface area (TPSA) is 75.4 Å². The van der Waals surface area contributed by atoms with Gasteiger partial charge in [0.2, 0.25) is 5.88 Å². The van der Waals surface area contributed by atoms with Crippen LogP contribution in [0, 0.1) is 12.7 Å². The molecular weight excluding hydrogens is 371 g/mol. The van der Waals surface area contributed by atoms with Crippen molar-refractivity contribution >= 4 is 11.7 Å². The van der Waals surface area contributed by atoms with Gasteiger partial charge in [0, 0.05) is 35.1 Å². The number of nitrogens with one attached hydrogen (secondary N) is 1. The molecule has 5 nitrogen and oxygen atoms in total. The molecule has 2 N–H and O–H groups in total. The number of ketones is 1. The van der Waals surface area contributed by atoms with E-state index in [1.807, 2.05) is 12.1 Å². The van der Waals surface area contributed by atoms with Crippen molar-refractivity contribution in [3.8, 4) is 5.75 Å². The number of Topliss-reactive ketones (excluding diaryl/α,β-unsaturated/α-hetero) is 1. The third kappa shape index (κ3) is 2.75. The lowest BCUT2D eigenvalue weighted by Crippen LogP contribution is -2.30. The maximum Gasteiger partial charge on any atom is 0.233 e. The number of aromatic nitrogens is 1. The van der Waals surface area contributed by atoms with Crippen molar-refractivity contribution in [1.82, 2.24) is 5.16 Å². The van der Waals surface area contributed by atoms with Crippen LogP contribution in [0.2, 0.25) is 0 Å². The predicted octanol–water partition coefficient (Wildman–Crippen LogP) is 4.79. The molecular formula is C23H19FN2O3. The minimum absolute atomic E-state index is 0.0634. The van der Waals surface area contributed by atoms with E-state index in [4.69, 9.17) is 4.52 Å². The Morgan fingerprint density at radius 3 is 2.59 bits per heavy atom. The highest BCUT2D eigenvalue weighted by Gasteiger charge is 2.42. The zero-order chi connectivity index (χ0) is 20.1. The van der Waals surface area contributed by atoms with Crippen molar-refractivity contribution < 1.29 is 18.8 Å². The standard InChI is InChI=1S/C23H19FN2O3/c1-12-20-21(15-7-2-4-8-16(15)24)22-17(25-23(20)29-26-12)10-13(11-19(22)28)14-6-3-5-9-18(14)27/h2-9,13,21,25,27H,10-11H2,1H3/t13-,21-/m0/s1. The zero-order valence-corrected chi connectivity index (χ0v) is 15.8. The van der Waals surface area contributed by atoms with Gasteiger partial charge in [-0.1, -0.05) is 41.6 Å². The Balaban J connectivity index is 1.66. The number of phenols is 1. The van der Waals surface area contributed by atoms with E-state index < -0.39 is 5.92 Å². The SMILES string of the molecule is Cc1noc2c1[C@H](c1ccccc1F)C1=C(C[C@H](c3ccccc3O)CC1=O)N2. The monoisotopic (exact) mass is 390 g/mol. The molecule has 0 saturated heterocycles. The second-order valence-corrected chi connectivity index (χ2v) is 7.57. The van der Waals surface area contributed by atoms with Crippen LogP contribution in [0.25, 0.3) is 0 Å². The highest BCUT2D eigenvalue weighted by Crippen LogP contribution is 2.50. The minimum atomic E-state index is -0.563. The van der Waals surface area contributed by atoms with Gasteiger partial charge in [0.15, 0.2) is 5.78 Å². The highest BCUT2D eigenvalue weighted by molar-refractivity contribution is 6.01. The first-order chi connectivity index (χ1) is 14.0. The number of fused-ring (bicyclic) bond motifs is 1. The van der Waals surface area contributed by atoms with Gasteiger partial charge in [-0.25, -0.2) is 4.39 Å². The number of hydrogen-bond acceptors (Lipinski definition) is 5. The molecule has 0 spiro atoms. The van der Waals surface area contributed by atoms with Crippen molar-refractivity contribution in [1.29, 1.82) is 0 Å². The summed E-state index contributed by atoms with van der Waals surface area (Å²) in [5.74, 6) is -0.541. The second-order valence-electron chi connectivity index (χ2n) is 7.57. The number of aromatic hydroxyl groups is 1. The van der Waals surface area contributed by atoms with Crippen LogP contribution < -0.4 is 5.32 Å². The number of allylic oxidation sites excluding steroid dienone is 2. The number of hydrogen-bond donors (Lipinski definition) is 2. The number of nitrogens with zero attached hydrogens (tertiary/aromatic N) is 1. The molecule has 0 radical (unpaired) electrons. The van der Waals surface area contributed by atoms with E-state index >= 15 is 0 Å². The van der Waals surface area contributed by atoms with Crippen molar-refractivity contribution in [2.45, 2.75) is 31.6 Å². The Kier molecular flexibility index (Phi) is 4.01. The van der Waals surface area contributed by atoms with Crippen molar-refractivity contribution in [3.05, 3.63) is 88.0 Å². The van der Waals surface area contributed by atoms with Crippen LogP contribution in [0.15, 0.2) is 64.3 Å². The van der Waals surface area contributed by atoms with Gasteiger partial charge in [-0.05, 0) is 31.0 Å². The van der Waals surface area contributed by atoms with Crippen molar-refractivity contribution in [2.75, 3.05) is 5.32 Å². The normalized spacial score (nSPS) is 20.8. The van der Waals surface area contributed by atoms with Crippen LogP contribution in [0.5, 0.6) is 5.75 Å². The van der Waals surface area contributed by atoms with Crippen LogP contribution >= 0.6 is 0 Å². The zero-order valence-electron chi connectivity index (χ0n) is 15.8. The molecule has 3 aromatic rings. The first-order valence-electron chi connectivity index (χ1n) is 9.56. The summed E-state index contributed by atoms with van der Waals surface area (Å²) in [4.78, 5) is 13.3. The number of para-hydroxylation sites is 1. The summed E-state index contributed by atoms with van der Waals surface area (Å²) in [6.45, 7) is 1.79. The number of anilines is 1. The summed E-state index contributed by atoms with van der Waals surface area (Å²) < 4.78 is 20.2. The van der Waals surface area contributed by atoms with Crippen LogP contribution in [-0.2, 0) is 4.79 Å². The van der Waals surface area contributed by atoms with E-state index in [-0.39, 0.29) is 29.7 Å². The smallest absolute Gasteiger partial charge is 0.233 e. The van der Waals surface area contributed by atoms with Crippen LogP contribution in [0.3, 0.4) is 0 Å². The number of rotatable bonds is 2. The molecule has 1 aliphatic heterocycles. The third-order valence-electron chi connectivity index (χ3n) is 5.85. The fourth-order valence-electron chi connectivity index (χ4n) is 4.55. The third-order valence-corrected chi connectivity index (χ3v) is 5.85. The van der Waals surface area contributed by atoms with Gasteiger partial charge in [-0.3, -0.25) is 4.79 Å². The highest BCUT2D eigenvalue weighted by atomic mass is 19.1. The van der Waals surface area contributed by atoms with E-state index in [9.17, 15) is 14.3 Å². The van der Waals surface area contributed by atoms with Crippen LogP contribution in [-0.4, -0.2) is 16.0 Å². The largest absolute Gasteiger partial charge is 0.508 e. The number of carbonyl (C=O) groups is 1. The lowest BCUT2D eigenvalue weighted by molar-refractivity contribution is -0.116. The Hall–Kier alpha value is -3.41. The quantitative estimate of drug-likeness (QED) is 0.658. The summed E-state index contributed by atoms with van der Waals surface area (Å²) in [5.41, 5.74) is 3.75. The molecule has 0 unspecified atom stereocenters. The summed E-state index contributed by atoms with van der Waals surface area (Å²) in [6.07, 6.45) is 0.769. The maximum absolute atomic E-state index is 14.7. The van der Waals surface area contributed by atoms with Gasteiger partial charge < -0.3 is 14.9 Å². The minimum Gasteiger partial charge on any atom is -0.508 e. The maximum atomic E-state index is 14.7. The van der Waals surface area contributed by atoms with E-state index in [1.165, 1.54) is 6.07 Å².